The van der Waals surface area contributed by atoms with E-state index in [2.05, 4.69) is 10.0 Å². The van der Waals surface area contributed by atoms with E-state index in [0.717, 1.165) is 18.6 Å². The van der Waals surface area contributed by atoms with Crippen molar-refractivity contribution in [1.29, 1.82) is 0 Å². The number of hydrogen-bond donors (Lipinski definition) is 2. The first-order valence-electron chi connectivity index (χ1n) is 8.60. The minimum Gasteiger partial charge on any atom is -0.377 e. The van der Waals surface area contributed by atoms with Crippen molar-refractivity contribution in [1.82, 2.24) is 4.72 Å². The van der Waals surface area contributed by atoms with Crippen molar-refractivity contribution in [3.8, 4) is 0 Å². The SMILES string of the molecule is O=S(=O)(NCC1CCCO1)c1ccc(Nc2cc(Cl)cc(Cl)c2)cc1C(F)(F)F. The van der Waals surface area contributed by atoms with Gasteiger partial charge in [-0.05, 0) is 49.2 Å². The van der Waals surface area contributed by atoms with Gasteiger partial charge in [0.1, 0.15) is 0 Å². The predicted molar refractivity (Wildman–Crippen MR) is 105 cm³/mol. The molecule has 0 radical (unpaired) electrons. The van der Waals surface area contributed by atoms with E-state index < -0.39 is 26.7 Å². The number of alkyl halides is 3. The summed E-state index contributed by atoms with van der Waals surface area (Å²) in [6.45, 7) is 0.425. The minimum absolute atomic E-state index is 0.0359. The van der Waals surface area contributed by atoms with Crippen LogP contribution >= 0.6 is 23.2 Å². The summed E-state index contributed by atoms with van der Waals surface area (Å²) in [6, 6.07) is 7.32. The van der Waals surface area contributed by atoms with E-state index in [0.29, 0.717) is 28.8 Å². The Balaban J connectivity index is 1.89. The molecule has 0 aliphatic carbocycles. The third-order valence-corrected chi connectivity index (χ3v) is 6.17. The van der Waals surface area contributed by atoms with E-state index in [1.54, 1.807) is 0 Å². The molecule has 1 aliphatic heterocycles. The van der Waals surface area contributed by atoms with E-state index in [1.165, 1.54) is 24.3 Å². The van der Waals surface area contributed by atoms with Gasteiger partial charge >= 0.3 is 6.18 Å². The number of hydrogen-bond acceptors (Lipinski definition) is 4. The van der Waals surface area contributed by atoms with Crippen LogP contribution in [0.15, 0.2) is 41.3 Å². The normalized spacial score (nSPS) is 17.5. The van der Waals surface area contributed by atoms with Gasteiger partial charge in [0.15, 0.2) is 0 Å². The Morgan fingerprint density at radius 3 is 2.34 bits per heavy atom. The molecule has 1 aliphatic rings. The first kappa shape index (κ1) is 22.2. The average Bonchev–Trinajstić information content (AvgIpc) is 3.12. The molecule has 158 valence electrons. The predicted octanol–water partition coefficient (Wildman–Crippen LogP) is 5.21. The second-order valence-electron chi connectivity index (χ2n) is 6.48. The largest absolute Gasteiger partial charge is 0.417 e. The Bertz CT molecular complexity index is 974. The van der Waals surface area contributed by atoms with E-state index in [1.807, 2.05) is 0 Å². The fraction of sp³-hybridized carbons (Fsp3) is 0.333. The van der Waals surface area contributed by atoms with Crippen LogP contribution in [0.25, 0.3) is 0 Å². The Morgan fingerprint density at radius 2 is 1.76 bits per heavy atom. The van der Waals surface area contributed by atoms with Gasteiger partial charge < -0.3 is 10.1 Å². The van der Waals surface area contributed by atoms with Gasteiger partial charge in [-0.15, -0.1) is 0 Å². The summed E-state index contributed by atoms with van der Waals surface area (Å²) in [5.74, 6) is 0. The fourth-order valence-corrected chi connectivity index (χ4v) is 4.74. The van der Waals surface area contributed by atoms with Crippen molar-refractivity contribution in [2.24, 2.45) is 0 Å². The maximum Gasteiger partial charge on any atom is 0.417 e. The lowest BCUT2D eigenvalue weighted by molar-refractivity contribution is -0.139. The molecule has 1 atom stereocenters. The number of ether oxygens (including phenoxy) is 1. The Labute approximate surface area is 176 Å². The quantitative estimate of drug-likeness (QED) is 0.610. The molecular formula is C18H17Cl2F3N2O3S. The fourth-order valence-electron chi connectivity index (χ4n) is 2.94. The summed E-state index contributed by atoms with van der Waals surface area (Å²) in [7, 11) is -4.38. The highest BCUT2D eigenvalue weighted by Crippen LogP contribution is 2.37. The van der Waals surface area contributed by atoms with Gasteiger partial charge in [0, 0.05) is 34.6 Å². The van der Waals surface area contributed by atoms with Crippen LogP contribution in [-0.4, -0.2) is 27.7 Å². The van der Waals surface area contributed by atoms with E-state index in [9.17, 15) is 21.6 Å². The standard InChI is InChI=1S/C18H17Cl2F3N2O3S/c19-11-6-12(20)8-14(7-11)25-13-3-4-17(16(9-13)18(21,22)23)29(26,27)24-10-15-2-1-5-28-15/h3-4,6-9,15,24-25H,1-2,5,10H2. The van der Waals surface area contributed by atoms with Gasteiger partial charge in [0.2, 0.25) is 10.0 Å². The average molecular weight is 469 g/mol. The Kier molecular flexibility index (Phi) is 6.64. The van der Waals surface area contributed by atoms with Crippen LogP contribution in [0.1, 0.15) is 18.4 Å². The molecule has 0 saturated carbocycles. The van der Waals surface area contributed by atoms with Crippen molar-refractivity contribution in [3.05, 3.63) is 52.0 Å². The van der Waals surface area contributed by atoms with Gasteiger partial charge in [0.05, 0.1) is 16.6 Å². The number of nitrogens with one attached hydrogen (secondary N) is 2. The van der Waals surface area contributed by atoms with E-state index in [4.69, 9.17) is 27.9 Å². The van der Waals surface area contributed by atoms with Crippen LogP contribution in [0.2, 0.25) is 10.0 Å². The van der Waals surface area contributed by atoms with Crippen LogP contribution in [0, 0.1) is 0 Å². The van der Waals surface area contributed by atoms with Gasteiger partial charge in [-0.3, -0.25) is 0 Å². The first-order chi connectivity index (χ1) is 13.5. The van der Waals surface area contributed by atoms with Crippen molar-refractivity contribution < 1.29 is 26.3 Å². The van der Waals surface area contributed by atoms with Crippen molar-refractivity contribution >= 4 is 44.6 Å². The summed E-state index contributed by atoms with van der Waals surface area (Å²) < 4.78 is 73.2. The lowest BCUT2D eigenvalue weighted by Gasteiger charge is -2.17. The summed E-state index contributed by atoms with van der Waals surface area (Å²) >= 11 is 11.8. The molecule has 0 spiro atoms. The number of sulfonamides is 1. The molecule has 1 fully saturated rings. The molecular weight excluding hydrogens is 452 g/mol. The lowest BCUT2D eigenvalue weighted by Crippen LogP contribution is -2.33. The van der Waals surface area contributed by atoms with Gasteiger partial charge in [-0.2, -0.15) is 13.2 Å². The molecule has 0 bridgehead atoms. The second kappa shape index (κ2) is 8.69. The zero-order valence-corrected chi connectivity index (χ0v) is 17.2. The van der Waals surface area contributed by atoms with Crippen molar-refractivity contribution in [2.45, 2.75) is 30.0 Å². The van der Waals surface area contributed by atoms with Crippen LogP contribution in [0.3, 0.4) is 0 Å². The van der Waals surface area contributed by atoms with Gasteiger partial charge in [-0.1, -0.05) is 23.2 Å². The number of rotatable bonds is 6. The topological polar surface area (TPSA) is 67.4 Å². The number of anilines is 2. The van der Waals surface area contributed by atoms with Crippen molar-refractivity contribution in [2.75, 3.05) is 18.5 Å². The zero-order valence-electron chi connectivity index (χ0n) is 14.9. The van der Waals surface area contributed by atoms with E-state index in [-0.39, 0.29) is 18.3 Å². The molecule has 2 N–H and O–H groups in total. The van der Waals surface area contributed by atoms with Gasteiger partial charge in [-0.25, -0.2) is 13.1 Å². The molecule has 5 nitrogen and oxygen atoms in total. The van der Waals surface area contributed by atoms with Gasteiger partial charge in [0.25, 0.3) is 0 Å². The molecule has 1 heterocycles. The third-order valence-electron chi connectivity index (χ3n) is 4.25. The highest BCUT2D eigenvalue weighted by atomic mass is 35.5. The molecule has 0 aromatic heterocycles. The Hall–Kier alpha value is -1.52. The molecule has 2 aromatic carbocycles. The van der Waals surface area contributed by atoms with Crippen LogP contribution in [-0.2, 0) is 20.9 Å². The van der Waals surface area contributed by atoms with Crippen LogP contribution in [0.5, 0.6) is 0 Å². The maximum atomic E-state index is 13.6. The van der Waals surface area contributed by atoms with Crippen LogP contribution in [0.4, 0.5) is 24.5 Å². The summed E-state index contributed by atoms with van der Waals surface area (Å²) in [4.78, 5) is -0.849. The summed E-state index contributed by atoms with van der Waals surface area (Å²) in [5, 5.41) is 3.35. The lowest BCUT2D eigenvalue weighted by atomic mass is 10.2. The second-order valence-corrected chi connectivity index (χ2v) is 9.09. The molecule has 1 unspecified atom stereocenters. The smallest absolute Gasteiger partial charge is 0.377 e. The number of halogens is 5. The monoisotopic (exact) mass is 468 g/mol. The van der Waals surface area contributed by atoms with Crippen molar-refractivity contribution in [3.63, 3.8) is 0 Å². The minimum atomic E-state index is -4.88. The summed E-state index contributed by atoms with van der Waals surface area (Å²) in [6.07, 6.45) is -3.78. The highest BCUT2D eigenvalue weighted by molar-refractivity contribution is 7.89. The molecule has 1 saturated heterocycles. The molecule has 2 aromatic rings. The summed E-state index contributed by atoms with van der Waals surface area (Å²) in [5.41, 5.74) is -0.882. The maximum absolute atomic E-state index is 13.6. The molecule has 0 amide bonds. The highest BCUT2D eigenvalue weighted by Gasteiger charge is 2.37. The molecule has 29 heavy (non-hydrogen) atoms. The first-order valence-corrected chi connectivity index (χ1v) is 10.8. The Morgan fingerprint density at radius 1 is 1.07 bits per heavy atom. The number of benzene rings is 2. The zero-order chi connectivity index (χ0) is 21.2. The molecule has 11 heteroatoms. The van der Waals surface area contributed by atoms with Crippen LogP contribution < -0.4 is 10.0 Å². The molecule has 3 rings (SSSR count). The van der Waals surface area contributed by atoms with E-state index >= 15 is 0 Å². The third kappa shape index (κ3) is 5.76.